The molecule has 4 nitrogen and oxygen atoms in total. The Kier molecular flexibility index (Phi) is 5.68. The Morgan fingerprint density at radius 1 is 1.30 bits per heavy atom. The summed E-state index contributed by atoms with van der Waals surface area (Å²) < 4.78 is 11.8. The lowest BCUT2D eigenvalue weighted by molar-refractivity contribution is 0.0188. The van der Waals surface area contributed by atoms with E-state index in [9.17, 15) is 0 Å². The van der Waals surface area contributed by atoms with Crippen LogP contribution in [0.1, 0.15) is 19.8 Å². The van der Waals surface area contributed by atoms with Crippen molar-refractivity contribution in [3.8, 4) is 5.75 Å². The fourth-order valence-corrected chi connectivity index (χ4v) is 2.40. The van der Waals surface area contributed by atoms with Gasteiger partial charge in [-0.3, -0.25) is 0 Å². The molecule has 1 aromatic rings. The third-order valence-corrected chi connectivity index (χ3v) is 3.59. The van der Waals surface area contributed by atoms with E-state index >= 15 is 0 Å². The summed E-state index contributed by atoms with van der Waals surface area (Å²) in [5.74, 6) is 0.912. The zero-order valence-electron chi connectivity index (χ0n) is 12.8. The van der Waals surface area contributed by atoms with Crippen molar-refractivity contribution in [1.29, 1.82) is 0 Å². The highest BCUT2D eigenvalue weighted by Crippen LogP contribution is 2.23. The molecule has 0 saturated carbocycles. The summed E-state index contributed by atoms with van der Waals surface area (Å²) in [6, 6.07) is 8.16. The smallest absolute Gasteiger partial charge is 0.121 e. The van der Waals surface area contributed by atoms with Crippen LogP contribution >= 0.6 is 0 Å². The van der Waals surface area contributed by atoms with Gasteiger partial charge >= 0.3 is 0 Å². The molecular formula is C16H26N2O2. The van der Waals surface area contributed by atoms with Crippen LogP contribution in [0, 0.1) is 0 Å². The Bertz CT molecular complexity index is 409. The largest absolute Gasteiger partial charge is 0.491 e. The van der Waals surface area contributed by atoms with Gasteiger partial charge in [0.1, 0.15) is 12.4 Å². The second-order valence-electron chi connectivity index (χ2n) is 5.47. The fraction of sp³-hybridized carbons (Fsp3) is 0.625. The van der Waals surface area contributed by atoms with Crippen LogP contribution in [-0.4, -0.2) is 46.0 Å². The molecule has 112 valence electrons. The number of benzene rings is 1. The first-order valence-electron chi connectivity index (χ1n) is 7.45. The molecule has 1 N–H and O–H groups in total. The average molecular weight is 278 g/mol. The number of hydrogen-bond acceptors (Lipinski definition) is 4. The van der Waals surface area contributed by atoms with Crippen LogP contribution in [0.15, 0.2) is 24.3 Å². The van der Waals surface area contributed by atoms with Crippen LogP contribution in [0.2, 0.25) is 0 Å². The quantitative estimate of drug-likeness (QED) is 0.830. The average Bonchev–Trinajstić information content (AvgIpc) is 2.91. The minimum atomic E-state index is 0.224. The highest BCUT2D eigenvalue weighted by molar-refractivity contribution is 5.49. The fourth-order valence-electron chi connectivity index (χ4n) is 2.40. The first-order chi connectivity index (χ1) is 9.69. The van der Waals surface area contributed by atoms with Gasteiger partial charge in [0.25, 0.3) is 0 Å². The van der Waals surface area contributed by atoms with E-state index in [1.54, 1.807) is 0 Å². The molecule has 4 heteroatoms. The molecule has 2 atom stereocenters. The Morgan fingerprint density at radius 2 is 2.10 bits per heavy atom. The Hall–Kier alpha value is -1.26. The van der Waals surface area contributed by atoms with Gasteiger partial charge in [-0.2, -0.15) is 0 Å². The molecule has 2 unspecified atom stereocenters. The van der Waals surface area contributed by atoms with Gasteiger partial charge in [-0.15, -0.1) is 0 Å². The van der Waals surface area contributed by atoms with Gasteiger partial charge in [0.2, 0.25) is 0 Å². The van der Waals surface area contributed by atoms with Crippen molar-refractivity contribution in [2.24, 2.45) is 0 Å². The maximum Gasteiger partial charge on any atom is 0.121 e. The van der Waals surface area contributed by atoms with Gasteiger partial charge in [-0.1, -0.05) is 13.0 Å². The molecule has 1 aliphatic heterocycles. The number of anilines is 1. The molecule has 1 aliphatic rings. The van der Waals surface area contributed by atoms with E-state index in [1.165, 1.54) is 0 Å². The van der Waals surface area contributed by atoms with Crippen molar-refractivity contribution in [1.82, 2.24) is 5.32 Å². The van der Waals surface area contributed by atoms with Gasteiger partial charge in [0.15, 0.2) is 0 Å². The van der Waals surface area contributed by atoms with E-state index in [1.807, 2.05) is 26.2 Å². The van der Waals surface area contributed by atoms with Gasteiger partial charge in [-0.05, 0) is 31.5 Å². The third kappa shape index (κ3) is 4.39. The van der Waals surface area contributed by atoms with Crippen molar-refractivity contribution in [3.05, 3.63) is 24.3 Å². The second kappa shape index (κ2) is 7.50. The van der Waals surface area contributed by atoms with Crippen LogP contribution in [0.25, 0.3) is 0 Å². The van der Waals surface area contributed by atoms with Gasteiger partial charge < -0.3 is 19.7 Å². The molecule has 0 aromatic heterocycles. The van der Waals surface area contributed by atoms with Crippen LogP contribution < -0.4 is 15.0 Å². The van der Waals surface area contributed by atoms with Crippen molar-refractivity contribution in [2.45, 2.75) is 32.0 Å². The van der Waals surface area contributed by atoms with Crippen LogP contribution in [-0.2, 0) is 4.74 Å². The van der Waals surface area contributed by atoms with Gasteiger partial charge in [0.05, 0.1) is 12.2 Å². The summed E-state index contributed by atoms with van der Waals surface area (Å²) in [6.07, 6.45) is 2.78. The first kappa shape index (κ1) is 15.1. The highest BCUT2D eigenvalue weighted by Gasteiger charge is 2.25. The summed E-state index contributed by atoms with van der Waals surface area (Å²) in [5.41, 5.74) is 1.15. The monoisotopic (exact) mass is 278 g/mol. The summed E-state index contributed by atoms with van der Waals surface area (Å²) in [7, 11) is 4.06. The van der Waals surface area contributed by atoms with Crippen LogP contribution in [0.5, 0.6) is 5.75 Å². The highest BCUT2D eigenvalue weighted by atomic mass is 16.5. The molecular weight excluding hydrogens is 252 g/mol. The van der Waals surface area contributed by atoms with Crippen molar-refractivity contribution in [2.75, 3.05) is 38.7 Å². The second-order valence-corrected chi connectivity index (χ2v) is 5.47. The molecule has 0 spiro atoms. The number of likely N-dealkylation sites (N-methyl/N-ethyl adjacent to an activating group) is 1. The van der Waals surface area contributed by atoms with E-state index < -0.39 is 0 Å². The van der Waals surface area contributed by atoms with Crippen molar-refractivity contribution < 1.29 is 9.47 Å². The maximum absolute atomic E-state index is 5.96. The zero-order chi connectivity index (χ0) is 14.4. The molecule has 1 fully saturated rings. The molecule has 0 radical (unpaired) electrons. The Labute approximate surface area is 122 Å². The summed E-state index contributed by atoms with van der Waals surface area (Å²) in [5, 5.41) is 3.33. The topological polar surface area (TPSA) is 33.7 Å². The Balaban J connectivity index is 1.77. The molecule has 1 heterocycles. The SMILES string of the molecule is CCNCC1CCC(COc2cccc(N(C)C)c2)O1. The Morgan fingerprint density at radius 3 is 2.85 bits per heavy atom. The third-order valence-electron chi connectivity index (χ3n) is 3.59. The van der Waals surface area contributed by atoms with Crippen molar-refractivity contribution >= 4 is 5.69 Å². The predicted molar refractivity (Wildman–Crippen MR) is 82.7 cm³/mol. The van der Waals surface area contributed by atoms with Gasteiger partial charge in [0, 0.05) is 32.4 Å². The number of nitrogens with zero attached hydrogens (tertiary/aromatic N) is 1. The predicted octanol–water partition coefficient (Wildman–Crippen LogP) is 2.29. The summed E-state index contributed by atoms with van der Waals surface area (Å²) in [4.78, 5) is 2.07. The maximum atomic E-state index is 5.96. The molecule has 1 saturated heterocycles. The minimum absolute atomic E-state index is 0.224. The number of ether oxygens (including phenoxy) is 2. The first-order valence-corrected chi connectivity index (χ1v) is 7.45. The van der Waals surface area contributed by atoms with Crippen LogP contribution in [0.3, 0.4) is 0 Å². The zero-order valence-corrected chi connectivity index (χ0v) is 12.8. The van der Waals surface area contributed by atoms with E-state index in [4.69, 9.17) is 9.47 Å². The minimum Gasteiger partial charge on any atom is -0.491 e. The molecule has 1 aromatic carbocycles. The van der Waals surface area contributed by atoms with Gasteiger partial charge in [-0.25, -0.2) is 0 Å². The molecule has 20 heavy (non-hydrogen) atoms. The lowest BCUT2D eigenvalue weighted by Gasteiger charge is -2.17. The lowest BCUT2D eigenvalue weighted by Crippen LogP contribution is -2.28. The summed E-state index contributed by atoms with van der Waals surface area (Å²) in [6.45, 7) is 4.70. The normalized spacial score (nSPS) is 21.9. The molecule has 0 bridgehead atoms. The number of hydrogen-bond donors (Lipinski definition) is 1. The number of nitrogens with one attached hydrogen (secondary N) is 1. The van der Waals surface area contributed by atoms with E-state index in [2.05, 4.69) is 29.3 Å². The van der Waals surface area contributed by atoms with E-state index in [-0.39, 0.29) is 6.10 Å². The molecule has 0 amide bonds. The molecule has 0 aliphatic carbocycles. The van der Waals surface area contributed by atoms with Crippen molar-refractivity contribution in [3.63, 3.8) is 0 Å². The van der Waals surface area contributed by atoms with E-state index in [0.29, 0.717) is 12.7 Å². The lowest BCUT2D eigenvalue weighted by atomic mass is 10.2. The summed E-state index contributed by atoms with van der Waals surface area (Å²) >= 11 is 0. The standard InChI is InChI=1S/C16H26N2O2/c1-4-17-11-15-8-9-16(20-15)12-19-14-7-5-6-13(10-14)18(2)3/h5-7,10,15-17H,4,8-9,11-12H2,1-3H3. The molecule has 2 rings (SSSR count). The van der Waals surface area contributed by atoms with Crippen LogP contribution in [0.4, 0.5) is 5.69 Å². The number of rotatable bonds is 7. The van der Waals surface area contributed by atoms with E-state index in [0.717, 1.165) is 37.4 Å².